The molecule has 0 spiro atoms. The van der Waals surface area contributed by atoms with Gasteiger partial charge in [0.15, 0.2) is 0 Å². The second-order valence-corrected chi connectivity index (χ2v) is 5.98. The minimum atomic E-state index is 0.119. The van der Waals surface area contributed by atoms with E-state index in [-0.39, 0.29) is 6.04 Å². The van der Waals surface area contributed by atoms with Crippen LogP contribution in [-0.2, 0) is 5.75 Å². The number of aryl methyl sites for hydroxylation is 2. The first-order valence-electron chi connectivity index (χ1n) is 6.61. The zero-order valence-corrected chi connectivity index (χ0v) is 12.4. The average molecular weight is 271 g/mol. The van der Waals surface area contributed by atoms with Crippen LogP contribution in [0.3, 0.4) is 0 Å². The zero-order valence-electron chi connectivity index (χ0n) is 11.6. The van der Waals surface area contributed by atoms with Gasteiger partial charge in [0.05, 0.1) is 0 Å². The monoisotopic (exact) mass is 271 g/mol. The van der Waals surface area contributed by atoms with Crippen LogP contribution in [0.2, 0.25) is 0 Å². The summed E-state index contributed by atoms with van der Waals surface area (Å²) in [6, 6.07) is 17.2. The van der Waals surface area contributed by atoms with Crippen LogP contribution >= 0.6 is 11.8 Å². The van der Waals surface area contributed by atoms with Crippen molar-refractivity contribution in [2.45, 2.75) is 25.6 Å². The molecule has 1 unspecified atom stereocenters. The Labute approximate surface area is 120 Å². The minimum absolute atomic E-state index is 0.119. The highest BCUT2D eigenvalue weighted by Crippen LogP contribution is 2.21. The molecule has 100 valence electrons. The van der Waals surface area contributed by atoms with Gasteiger partial charge < -0.3 is 5.73 Å². The van der Waals surface area contributed by atoms with E-state index in [2.05, 4.69) is 62.4 Å². The third-order valence-electron chi connectivity index (χ3n) is 3.37. The molecule has 2 aromatic rings. The Morgan fingerprint density at radius 2 is 1.74 bits per heavy atom. The van der Waals surface area contributed by atoms with Gasteiger partial charge in [-0.15, -0.1) is 0 Å². The summed E-state index contributed by atoms with van der Waals surface area (Å²) in [5.74, 6) is 1.98. The lowest BCUT2D eigenvalue weighted by molar-refractivity contribution is 0.829. The van der Waals surface area contributed by atoms with Crippen LogP contribution in [0.15, 0.2) is 48.5 Å². The molecule has 0 heterocycles. The highest BCUT2D eigenvalue weighted by atomic mass is 32.2. The quantitative estimate of drug-likeness (QED) is 0.880. The average Bonchev–Trinajstić information content (AvgIpc) is 2.43. The molecule has 0 bridgehead atoms. The minimum Gasteiger partial charge on any atom is -0.323 e. The van der Waals surface area contributed by atoms with Crippen LogP contribution in [0, 0.1) is 13.8 Å². The summed E-state index contributed by atoms with van der Waals surface area (Å²) in [6.45, 7) is 4.28. The maximum atomic E-state index is 6.26. The van der Waals surface area contributed by atoms with Gasteiger partial charge in [-0.2, -0.15) is 11.8 Å². The van der Waals surface area contributed by atoms with E-state index in [0.717, 1.165) is 11.5 Å². The van der Waals surface area contributed by atoms with Crippen LogP contribution < -0.4 is 5.73 Å². The van der Waals surface area contributed by atoms with Gasteiger partial charge in [0.2, 0.25) is 0 Å². The Morgan fingerprint density at radius 1 is 1.00 bits per heavy atom. The molecule has 0 aliphatic rings. The van der Waals surface area contributed by atoms with Crippen molar-refractivity contribution in [3.63, 3.8) is 0 Å². The normalized spacial score (nSPS) is 12.4. The van der Waals surface area contributed by atoms with E-state index in [1.165, 1.54) is 22.3 Å². The van der Waals surface area contributed by atoms with Gasteiger partial charge in [-0.25, -0.2) is 0 Å². The summed E-state index contributed by atoms with van der Waals surface area (Å²) in [6.07, 6.45) is 0. The molecule has 0 fully saturated rings. The number of hydrogen-bond donors (Lipinski definition) is 1. The molecular weight excluding hydrogens is 250 g/mol. The van der Waals surface area contributed by atoms with Crippen molar-refractivity contribution in [2.75, 3.05) is 5.75 Å². The number of rotatable bonds is 5. The van der Waals surface area contributed by atoms with Gasteiger partial charge in [0, 0.05) is 17.5 Å². The van der Waals surface area contributed by atoms with E-state index in [1.54, 1.807) is 0 Å². The number of thioether (sulfide) groups is 1. The molecule has 0 aliphatic heterocycles. The smallest absolute Gasteiger partial charge is 0.0387 e. The number of benzene rings is 2. The van der Waals surface area contributed by atoms with E-state index in [1.807, 2.05) is 11.8 Å². The van der Waals surface area contributed by atoms with E-state index in [4.69, 9.17) is 5.73 Å². The van der Waals surface area contributed by atoms with E-state index in [0.29, 0.717) is 0 Å². The van der Waals surface area contributed by atoms with Crippen LogP contribution in [0.25, 0.3) is 0 Å². The fourth-order valence-corrected chi connectivity index (χ4v) is 2.96. The summed E-state index contributed by atoms with van der Waals surface area (Å²) in [7, 11) is 0. The van der Waals surface area contributed by atoms with Gasteiger partial charge >= 0.3 is 0 Å². The standard InChI is InChI=1S/C17H21NS/c1-13-8-9-16(10-14(13)2)17(18)12-19-11-15-6-4-3-5-7-15/h3-10,17H,11-12,18H2,1-2H3. The molecule has 2 heteroatoms. The lowest BCUT2D eigenvalue weighted by Crippen LogP contribution is -2.13. The van der Waals surface area contributed by atoms with Gasteiger partial charge in [0.25, 0.3) is 0 Å². The molecule has 2 N–H and O–H groups in total. The van der Waals surface area contributed by atoms with Crippen molar-refractivity contribution in [1.29, 1.82) is 0 Å². The molecule has 0 saturated carbocycles. The van der Waals surface area contributed by atoms with Gasteiger partial charge in [0.1, 0.15) is 0 Å². The summed E-state index contributed by atoms with van der Waals surface area (Å²) >= 11 is 1.89. The fraction of sp³-hybridized carbons (Fsp3) is 0.294. The topological polar surface area (TPSA) is 26.0 Å². The maximum Gasteiger partial charge on any atom is 0.0387 e. The Morgan fingerprint density at radius 3 is 2.42 bits per heavy atom. The van der Waals surface area contributed by atoms with Crippen LogP contribution in [0.4, 0.5) is 0 Å². The van der Waals surface area contributed by atoms with Crippen LogP contribution in [0.1, 0.15) is 28.3 Å². The van der Waals surface area contributed by atoms with Gasteiger partial charge in [-0.3, -0.25) is 0 Å². The van der Waals surface area contributed by atoms with Crippen molar-refractivity contribution in [3.05, 3.63) is 70.8 Å². The van der Waals surface area contributed by atoms with E-state index >= 15 is 0 Å². The largest absolute Gasteiger partial charge is 0.323 e. The van der Waals surface area contributed by atoms with Crippen molar-refractivity contribution >= 4 is 11.8 Å². The molecule has 19 heavy (non-hydrogen) atoms. The molecular formula is C17H21NS. The molecule has 2 rings (SSSR count). The first-order valence-corrected chi connectivity index (χ1v) is 7.76. The van der Waals surface area contributed by atoms with Crippen molar-refractivity contribution < 1.29 is 0 Å². The molecule has 1 nitrogen and oxygen atoms in total. The summed E-state index contributed by atoms with van der Waals surface area (Å²) in [4.78, 5) is 0. The van der Waals surface area contributed by atoms with Crippen molar-refractivity contribution in [2.24, 2.45) is 5.73 Å². The number of hydrogen-bond acceptors (Lipinski definition) is 2. The number of nitrogens with two attached hydrogens (primary N) is 1. The first kappa shape index (κ1) is 14.2. The van der Waals surface area contributed by atoms with Crippen molar-refractivity contribution in [1.82, 2.24) is 0 Å². The molecule has 0 amide bonds. The summed E-state index contributed by atoms with van der Waals surface area (Å²) in [5.41, 5.74) is 11.5. The Bertz CT molecular complexity index is 522. The van der Waals surface area contributed by atoms with E-state index in [9.17, 15) is 0 Å². The second-order valence-electron chi connectivity index (χ2n) is 4.95. The lowest BCUT2D eigenvalue weighted by Gasteiger charge is -2.13. The van der Waals surface area contributed by atoms with Crippen LogP contribution in [0.5, 0.6) is 0 Å². The van der Waals surface area contributed by atoms with E-state index < -0.39 is 0 Å². The maximum absolute atomic E-state index is 6.26. The van der Waals surface area contributed by atoms with Gasteiger partial charge in [-0.1, -0.05) is 48.5 Å². The molecule has 2 aromatic carbocycles. The Balaban J connectivity index is 1.87. The Kier molecular flexibility index (Phi) is 5.06. The molecule has 1 atom stereocenters. The SMILES string of the molecule is Cc1ccc(C(N)CSCc2ccccc2)cc1C. The van der Waals surface area contributed by atoms with Gasteiger partial charge in [-0.05, 0) is 36.1 Å². The second kappa shape index (κ2) is 6.78. The Hall–Kier alpha value is -1.25. The molecule has 0 saturated heterocycles. The molecule has 0 radical (unpaired) electrons. The fourth-order valence-electron chi connectivity index (χ4n) is 1.97. The predicted octanol–water partition coefficient (Wildman–Crippen LogP) is 4.24. The predicted molar refractivity (Wildman–Crippen MR) is 85.4 cm³/mol. The highest BCUT2D eigenvalue weighted by molar-refractivity contribution is 7.98. The highest BCUT2D eigenvalue weighted by Gasteiger charge is 2.07. The summed E-state index contributed by atoms with van der Waals surface area (Å²) < 4.78 is 0. The van der Waals surface area contributed by atoms with Crippen LogP contribution in [-0.4, -0.2) is 5.75 Å². The third kappa shape index (κ3) is 4.12. The summed E-state index contributed by atoms with van der Waals surface area (Å²) in [5, 5.41) is 0. The lowest BCUT2D eigenvalue weighted by atomic mass is 10.0. The zero-order chi connectivity index (χ0) is 13.7. The molecule has 0 aliphatic carbocycles. The molecule has 0 aromatic heterocycles. The first-order chi connectivity index (χ1) is 9.16. The third-order valence-corrected chi connectivity index (χ3v) is 4.50. The van der Waals surface area contributed by atoms with Crippen molar-refractivity contribution in [3.8, 4) is 0 Å².